The largest absolute Gasteiger partial charge is 0.479 e. The molecule has 0 saturated carbocycles. The SMILES string of the molecule is CSCC1(C(=O)O)CN=CN1. The molecule has 1 rings (SSSR count). The highest BCUT2D eigenvalue weighted by atomic mass is 32.2. The molecule has 1 unspecified atom stereocenters. The Labute approximate surface area is 69.1 Å². The smallest absolute Gasteiger partial charge is 0.332 e. The van der Waals surface area contributed by atoms with Gasteiger partial charge in [0.1, 0.15) is 0 Å². The van der Waals surface area contributed by atoms with Gasteiger partial charge in [0, 0.05) is 5.75 Å². The maximum atomic E-state index is 10.8. The Morgan fingerprint density at radius 2 is 2.73 bits per heavy atom. The van der Waals surface area contributed by atoms with E-state index in [1.54, 1.807) is 0 Å². The molecule has 0 amide bonds. The molecule has 0 saturated heterocycles. The second-order valence-corrected chi connectivity index (χ2v) is 3.30. The molecule has 0 bridgehead atoms. The summed E-state index contributed by atoms with van der Waals surface area (Å²) in [6.07, 6.45) is 3.34. The molecule has 1 heterocycles. The normalized spacial score (nSPS) is 28.5. The number of thioether (sulfide) groups is 1. The van der Waals surface area contributed by atoms with Crippen molar-refractivity contribution in [3.05, 3.63) is 0 Å². The van der Waals surface area contributed by atoms with Crippen molar-refractivity contribution in [3.8, 4) is 0 Å². The van der Waals surface area contributed by atoms with Crippen molar-refractivity contribution >= 4 is 24.1 Å². The number of hydrogen-bond acceptors (Lipinski definition) is 4. The Hall–Kier alpha value is -0.710. The van der Waals surface area contributed by atoms with E-state index in [0.29, 0.717) is 12.3 Å². The third-order valence-corrected chi connectivity index (χ3v) is 2.37. The molecule has 1 aliphatic heterocycles. The van der Waals surface area contributed by atoms with E-state index in [1.807, 2.05) is 6.26 Å². The van der Waals surface area contributed by atoms with Crippen LogP contribution in [0.2, 0.25) is 0 Å². The van der Waals surface area contributed by atoms with Gasteiger partial charge in [-0.15, -0.1) is 0 Å². The number of rotatable bonds is 3. The Bertz CT molecular complexity index is 185. The van der Waals surface area contributed by atoms with E-state index in [1.165, 1.54) is 18.1 Å². The molecule has 0 aromatic carbocycles. The summed E-state index contributed by atoms with van der Waals surface area (Å²) in [4.78, 5) is 14.6. The van der Waals surface area contributed by atoms with Crippen molar-refractivity contribution in [2.24, 2.45) is 4.99 Å². The molecule has 62 valence electrons. The quantitative estimate of drug-likeness (QED) is 0.622. The Kier molecular flexibility index (Phi) is 2.38. The summed E-state index contributed by atoms with van der Waals surface area (Å²) in [5.74, 6) is -0.285. The zero-order valence-electron chi connectivity index (χ0n) is 6.20. The lowest BCUT2D eigenvalue weighted by atomic mass is 10.1. The number of carboxylic acid groups (broad SMARTS) is 1. The lowest BCUT2D eigenvalue weighted by Crippen LogP contribution is -2.52. The molecule has 2 N–H and O–H groups in total. The van der Waals surface area contributed by atoms with Gasteiger partial charge in [0.25, 0.3) is 0 Å². The fourth-order valence-corrected chi connectivity index (χ4v) is 1.73. The number of nitrogens with one attached hydrogen (secondary N) is 1. The van der Waals surface area contributed by atoms with Crippen LogP contribution < -0.4 is 5.32 Å². The van der Waals surface area contributed by atoms with Crippen LogP contribution in [0.5, 0.6) is 0 Å². The van der Waals surface area contributed by atoms with Gasteiger partial charge in [0.15, 0.2) is 5.54 Å². The standard InChI is InChI=1S/C6H10N2O2S/c1-11-3-6(5(9)10)2-7-4-8-6/h4H,2-3H2,1H3,(H,7,8)(H,9,10). The zero-order valence-corrected chi connectivity index (χ0v) is 7.02. The predicted octanol–water partition coefficient (Wildman–Crippen LogP) is -0.196. The first-order chi connectivity index (χ1) is 5.21. The molecule has 0 aromatic rings. The van der Waals surface area contributed by atoms with Crippen LogP contribution in [-0.2, 0) is 4.79 Å². The van der Waals surface area contributed by atoms with Gasteiger partial charge in [-0.2, -0.15) is 11.8 Å². The maximum Gasteiger partial charge on any atom is 0.332 e. The molecule has 1 aliphatic rings. The van der Waals surface area contributed by atoms with Crippen molar-refractivity contribution in [2.45, 2.75) is 5.54 Å². The minimum absolute atomic E-state index is 0.336. The summed E-state index contributed by atoms with van der Waals surface area (Å²) in [5, 5.41) is 11.6. The molecular weight excluding hydrogens is 164 g/mol. The number of hydrogen-bond donors (Lipinski definition) is 2. The summed E-state index contributed by atoms with van der Waals surface area (Å²) in [5.41, 5.74) is -0.848. The second-order valence-electron chi connectivity index (χ2n) is 2.43. The first kappa shape index (κ1) is 8.39. The molecule has 11 heavy (non-hydrogen) atoms. The van der Waals surface area contributed by atoms with Crippen molar-refractivity contribution in [3.63, 3.8) is 0 Å². The lowest BCUT2D eigenvalue weighted by Gasteiger charge is -2.21. The Morgan fingerprint density at radius 3 is 3.09 bits per heavy atom. The molecule has 4 nitrogen and oxygen atoms in total. The van der Waals surface area contributed by atoms with E-state index in [0.717, 1.165) is 0 Å². The summed E-state index contributed by atoms with van der Waals surface area (Å²) in [6.45, 7) is 0.336. The molecule has 0 radical (unpaired) electrons. The van der Waals surface area contributed by atoms with E-state index in [9.17, 15) is 4.79 Å². The Balaban J connectivity index is 2.65. The topological polar surface area (TPSA) is 61.7 Å². The fourth-order valence-electron chi connectivity index (χ4n) is 0.941. The monoisotopic (exact) mass is 174 g/mol. The van der Waals surface area contributed by atoms with E-state index in [-0.39, 0.29) is 0 Å². The second kappa shape index (κ2) is 3.13. The van der Waals surface area contributed by atoms with Gasteiger partial charge in [-0.3, -0.25) is 4.99 Å². The molecule has 0 aliphatic carbocycles. The zero-order chi connectivity index (χ0) is 8.32. The molecular formula is C6H10N2O2S. The molecule has 5 heteroatoms. The number of aliphatic imine (C=N–C) groups is 1. The van der Waals surface area contributed by atoms with Gasteiger partial charge in [-0.05, 0) is 6.26 Å². The molecule has 0 fully saturated rings. The van der Waals surface area contributed by atoms with E-state index < -0.39 is 11.5 Å². The summed E-state index contributed by atoms with van der Waals surface area (Å²) in [7, 11) is 0. The highest BCUT2D eigenvalue weighted by molar-refractivity contribution is 7.98. The molecule has 0 aromatic heterocycles. The molecule has 1 atom stereocenters. The van der Waals surface area contributed by atoms with Gasteiger partial charge in [0.05, 0.1) is 12.9 Å². The van der Waals surface area contributed by atoms with Crippen LogP contribution in [0, 0.1) is 0 Å². The van der Waals surface area contributed by atoms with Crippen LogP contribution in [0.3, 0.4) is 0 Å². The average molecular weight is 174 g/mol. The van der Waals surface area contributed by atoms with Crippen LogP contribution >= 0.6 is 11.8 Å². The number of carbonyl (C=O) groups is 1. The average Bonchev–Trinajstić information content (AvgIpc) is 2.38. The fraction of sp³-hybridized carbons (Fsp3) is 0.667. The van der Waals surface area contributed by atoms with Crippen molar-refractivity contribution in [2.75, 3.05) is 18.6 Å². The predicted molar refractivity (Wildman–Crippen MR) is 45.2 cm³/mol. The minimum atomic E-state index is -0.848. The highest BCUT2D eigenvalue weighted by Crippen LogP contribution is 2.14. The number of aliphatic carboxylic acids is 1. The third-order valence-electron chi connectivity index (χ3n) is 1.59. The van der Waals surface area contributed by atoms with Crippen molar-refractivity contribution in [1.29, 1.82) is 0 Å². The molecule has 0 spiro atoms. The van der Waals surface area contributed by atoms with Crippen LogP contribution in [-0.4, -0.2) is 41.5 Å². The van der Waals surface area contributed by atoms with E-state index in [2.05, 4.69) is 10.3 Å². The van der Waals surface area contributed by atoms with Crippen molar-refractivity contribution in [1.82, 2.24) is 5.32 Å². The van der Waals surface area contributed by atoms with Crippen molar-refractivity contribution < 1.29 is 9.90 Å². The van der Waals surface area contributed by atoms with Crippen LogP contribution in [0.4, 0.5) is 0 Å². The maximum absolute atomic E-state index is 10.8. The van der Waals surface area contributed by atoms with Gasteiger partial charge in [0.2, 0.25) is 0 Å². The van der Waals surface area contributed by atoms with Gasteiger partial charge < -0.3 is 10.4 Å². The minimum Gasteiger partial charge on any atom is -0.479 e. The van der Waals surface area contributed by atoms with Crippen LogP contribution in [0.1, 0.15) is 0 Å². The summed E-state index contributed by atoms with van der Waals surface area (Å²) in [6, 6.07) is 0. The van der Waals surface area contributed by atoms with Gasteiger partial charge in [-0.1, -0.05) is 0 Å². The first-order valence-electron chi connectivity index (χ1n) is 3.19. The van der Waals surface area contributed by atoms with Crippen LogP contribution in [0.25, 0.3) is 0 Å². The Morgan fingerprint density at radius 1 is 2.00 bits per heavy atom. The highest BCUT2D eigenvalue weighted by Gasteiger charge is 2.39. The first-order valence-corrected chi connectivity index (χ1v) is 4.59. The number of carboxylic acids is 1. The van der Waals surface area contributed by atoms with Gasteiger partial charge >= 0.3 is 5.97 Å². The van der Waals surface area contributed by atoms with Crippen LogP contribution in [0.15, 0.2) is 4.99 Å². The summed E-state index contributed by atoms with van der Waals surface area (Å²) >= 11 is 1.50. The number of nitrogens with zero attached hydrogens (tertiary/aromatic N) is 1. The van der Waals surface area contributed by atoms with E-state index >= 15 is 0 Å². The third kappa shape index (κ3) is 1.48. The lowest BCUT2D eigenvalue weighted by molar-refractivity contribution is -0.142. The summed E-state index contributed by atoms with van der Waals surface area (Å²) < 4.78 is 0. The van der Waals surface area contributed by atoms with Gasteiger partial charge in [-0.25, -0.2) is 4.79 Å². The van der Waals surface area contributed by atoms with E-state index in [4.69, 9.17) is 5.11 Å².